The molecule has 1 aliphatic carbocycles. The number of fused-ring (bicyclic) bond motifs is 2. The molecule has 0 amide bonds. The molecule has 0 saturated heterocycles. The number of nitrogens with zero attached hydrogens (tertiary/aromatic N) is 2. The van der Waals surface area contributed by atoms with E-state index in [1.54, 1.807) is 0 Å². The zero-order chi connectivity index (χ0) is 60.3. The summed E-state index contributed by atoms with van der Waals surface area (Å²) in [6.45, 7) is 13.6. The largest absolute Gasteiger partial charge is 0.478 e. The third-order valence-electron chi connectivity index (χ3n) is 15.5. The second kappa shape index (κ2) is 39.9. The van der Waals surface area contributed by atoms with Crippen LogP contribution >= 0.6 is 7.82 Å². The van der Waals surface area contributed by atoms with E-state index in [1.807, 2.05) is 36.4 Å². The van der Waals surface area contributed by atoms with E-state index in [2.05, 4.69) is 55.7 Å². The van der Waals surface area contributed by atoms with Crippen LogP contribution in [0.4, 0.5) is 5.69 Å². The van der Waals surface area contributed by atoms with E-state index in [1.165, 1.54) is 128 Å². The molecule has 0 spiro atoms. The van der Waals surface area contributed by atoms with Crippen molar-refractivity contribution in [3.05, 3.63) is 65.5 Å². The van der Waals surface area contributed by atoms with Gasteiger partial charge in [0.05, 0.1) is 29.7 Å². The van der Waals surface area contributed by atoms with E-state index in [0.29, 0.717) is 40.7 Å². The number of carboxylic acid groups (broad SMARTS) is 1. The van der Waals surface area contributed by atoms with Gasteiger partial charge >= 0.3 is 25.7 Å². The smallest absolute Gasteiger partial charge is 0.472 e. The van der Waals surface area contributed by atoms with Crippen molar-refractivity contribution in [1.82, 2.24) is 9.30 Å². The third-order valence-corrected chi connectivity index (χ3v) is 18.0. The second-order valence-corrected chi connectivity index (χ2v) is 25.2. The number of carbonyl (C=O) groups is 3. The van der Waals surface area contributed by atoms with Crippen LogP contribution in [-0.2, 0) is 42.7 Å². The summed E-state index contributed by atoms with van der Waals surface area (Å²) in [6.07, 6.45) is 29.3. The third kappa shape index (κ3) is 25.9. The highest BCUT2D eigenvalue weighted by Gasteiger charge is 2.28. The van der Waals surface area contributed by atoms with Gasteiger partial charge in [0.2, 0.25) is 15.4 Å². The number of phosphoric acid groups is 1. The molecule has 83 heavy (non-hydrogen) atoms. The van der Waals surface area contributed by atoms with Crippen molar-refractivity contribution in [3.63, 3.8) is 0 Å². The normalized spacial score (nSPS) is 12.9. The van der Waals surface area contributed by atoms with Crippen molar-refractivity contribution < 1.29 is 60.3 Å². The van der Waals surface area contributed by atoms with E-state index in [4.69, 9.17) is 22.9 Å². The number of ether oxygens (including phenoxy) is 2. The summed E-state index contributed by atoms with van der Waals surface area (Å²) < 4.78 is 73.1. The number of benzene rings is 3. The van der Waals surface area contributed by atoms with Crippen LogP contribution in [0.1, 0.15) is 232 Å². The summed E-state index contributed by atoms with van der Waals surface area (Å²) in [5.74, 6) is -1.85. The van der Waals surface area contributed by atoms with Crippen LogP contribution in [0, 0.1) is 0 Å². The van der Waals surface area contributed by atoms with Gasteiger partial charge in [0.15, 0.2) is 6.10 Å². The number of unbranched alkanes of at least 4 members (excludes halogenated alkanes) is 24. The maximum absolute atomic E-state index is 13.7. The van der Waals surface area contributed by atoms with Crippen LogP contribution in [0.25, 0.3) is 33.4 Å². The zero-order valence-corrected chi connectivity index (χ0v) is 53.1. The van der Waals surface area contributed by atoms with E-state index < -0.39 is 61.6 Å². The fourth-order valence-electron chi connectivity index (χ4n) is 10.6. The van der Waals surface area contributed by atoms with Gasteiger partial charge in [-0.15, -0.1) is 0 Å². The summed E-state index contributed by atoms with van der Waals surface area (Å²) in [4.78, 5) is 51.4. The van der Waals surface area contributed by atoms with Gasteiger partial charge in [-0.3, -0.25) is 18.6 Å². The maximum atomic E-state index is 13.7. The van der Waals surface area contributed by atoms with Gasteiger partial charge in [0, 0.05) is 66.8 Å². The zero-order valence-electron chi connectivity index (χ0n) is 51.4. The first kappa shape index (κ1) is 70.8. The minimum atomic E-state index is -4.87. The Bertz CT molecular complexity index is 2740. The molecular formula is C65H103N3O13PS+. The Labute approximate surface area is 497 Å². The molecule has 3 N–H and O–H groups in total. The number of nitrogens with one attached hydrogen (secondary N) is 1. The highest BCUT2D eigenvalue weighted by Crippen LogP contribution is 2.44. The van der Waals surface area contributed by atoms with Gasteiger partial charge < -0.3 is 28.8 Å². The number of aromatic carboxylic acids is 1. The molecular weight excluding hydrogens is 1090 g/mol. The minimum Gasteiger partial charge on any atom is -0.478 e. The average molecular weight is 1200 g/mol. The van der Waals surface area contributed by atoms with Crippen molar-refractivity contribution in [1.29, 1.82) is 0 Å². The molecule has 466 valence electrons. The molecule has 0 fully saturated rings. The van der Waals surface area contributed by atoms with E-state index in [-0.39, 0.29) is 35.5 Å². The molecule has 2 aromatic rings. The molecule has 2 atom stereocenters. The number of rotatable bonds is 47. The number of carboxylic acids is 1. The molecule has 16 nitrogen and oxygen atoms in total. The monoisotopic (exact) mass is 1200 g/mol. The van der Waals surface area contributed by atoms with Gasteiger partial charge in [-0.05, 0) is 76.4 Å². The number of hydrogen-bond donors (Lipinski definition) is 3. The number of hydrogen-bond acceptors (Lipinski definition) is 12. The quantitative estimate of drug-likeness (QED) is 0.0124. The highest BCUT2D eigenvalue weighted by atomic mass is 32.2. The first-order valence-corrected chi connectivity index (χ1v) is 34.8. The average Bonchev–Trinajstić information content (AvgIpc) is 1.77. The SMILES string of the molecule is CCCCCCCCCCCCCCCC(=O)OC[C@H](COP(=O)(O)OCCNS(=O)(=O)c1ccc(-c2c3ccc(=[N+](CC)CC)cc-3oc3cc(N(CC)CC)ccc23)c(C(=O)O)c1)OC(=O)CCCCCCCCCCCCCCC. The maximum Gasteiger partial charge on any atom is 0.472 e. The molecule has 0 saturated carbocycles. The molecule has 1 aliphatic heterocycles. The van der Waals surface area contributed by atoms with Crippen molar-refractivity contribution in [2.24, 2.45) is 0 Å². The number of carbonyl (C=O) groups excluding carboxylic acids is 2. The van der Waals surface area contributed by atoms with Gasteiger partial charge in [0.1, 0.15) is 31.0 Å². The Morgan fingerprint density at radius 1 is 0.627 bits per heavy atom. The lowest BCUT2D eigenvalue weighted by Gasteiger charge is -2.22. The minimum absolute atomic E-state index is 0.123. The first-order valence-electron chi connectivity index (χ1n) is 31.8. The van der Waals surface area contributed by atoms with E-state index in [0.717, 1.165) is 81.8 Å². The second-order valence-electron chi connectivity index (χ2n) is 22.0. The summed E-state index contributed by atoms with van der Waals surface area (Å²) >= 11 is 0. The fraction of sp³-hybridized carbons (Fsp3) is 0.662. The van der Waals surface area contributed by atoms with Crippen LogP contribution in [0.3, 0.4) is 0 Å². The predicted molar refractivity (Wildman–Crippen MR) is 334 cm³/mol. The number of anilines is 1. The van der Waals surface area contributed by atoms with Crippen LogP contribution in [-0.4, -0.2) is 95.0 Å². The van der Waals surface area contributed by atoms with Crippen molar-refractivity contribution in [2.75, 3.05) is 57.4 Å². The van der Waals surface area contributed by atoms with Crippen LogP contribution in [0.15, 0.2) is 63.9 Å². The van der Waals surface area contributed by atoms with Crippen molar-refractivity contribution in [3.8, 4) is 22.5 Å². The summed E-state index contributed by atoms with van der Waals surface area (Å²) in [6, 6.07) is 15.4. The molecule has 18 heteroatoms. The molecule has 2 aromatic carbocycles. The van der Waals surface area contributed by atoms with Gasteiger partial charge in [-0.25, -0.2) is 27.1 Å². The topological polar surface area (TPSA) is 211 Å². The molecule has 4 rings (SSSR count). The Hall–Kier alpha value is -4.64. The molecule has 2 aliphatic rings. The lowest BCUT2D eigenvalue weighted by molar-refractivity contribution is -0.161. The van der Waals surface area contributed by atoms with Crippen molar-refractivity contribution in [2.45, 2.75) is 232 Å². The number of sulfonamides is 1. The standard InChI is InChI=1S/C65H102N3O13PS/c1-7-13-15-17-19-21-23-25-27-29-31-33-35-37-62(69)77-50-54(80-63(70)38-36-34-32-30-28-26-24-22-20-18-16-14-8-2)51-79-82(73,74)78-46-45-66-83(75,76)55-41-44-56(59(49-55)65(71)72)64-57-42-39-52(67(9-3)10-4)47-60(57)81-61-48-53(40-43-58(61)64)68(11-5)12-6/h39-44,47-49,54,66H,7-38,45-46,50-51H2,1-6H3,(H-,71,72,73,74)/p+1/t54-/m1/s1. The van der Waals surface area contributed by atoms with Crippen LogP contribution < -0.4 is 19.6 Å². The fourth-order valence-corrected chi connectivity index (χ4v) is 12.4. The number of phosphoric ester groups is 1. The summed E-state index contributed by atoms with van der Waals surface area (Å²) in [5.41, 5.74) is 2.69. The Morgan fingerprint density at radius 2 is 1.14 bits per heavy atom. The Kier molecular flexibility index (Phi) is 34.0. The van der Waals surface area contributed by atoms with E-state index >= 15 is 0 Å². The lowest BCUT2D eigenvalue weighted by atomic mass is 9.90. The lowest BCUT2D eigenvalue weighted by Crippen LogP contribution is -2.30. The molecule has 1 heterocycles. The van der Waals surface area contributed by atoms with Crippen molar-refractivity contribution >= 4 is 52.4 Å². The first-order chi connectivity index (χ1) is 40.1. The van der Waals surface area contributed by atoms with Gasteiger partial charge in [-0.2, -0.15) is 0 Å². The predicted octanol–water partition coefficient (Wildman–Crippen LogP) is 15.4. The summed E-state index contributed by atoms with van der Waals surface area (Å²) in [5, 5.41) is 12.2. The van der Waals surface area contributed by atoms with Gasteiger partial charge in [0.25, 0.3) is 0 Å². The van der Waals surface area contributed by atoms with Gasteiger partial charge in [-0.1, -0.05) is 174 Å². The van der Waals surface area contributed by atoms with Crippen LogP contribution in [0.5, 0.6) is 0 Å². The highest BCUT2D eigenvalue weighted by molar-refractivity contribution is 7.89. The van der Waals surface area contributed by atoms with E-state index in [9.17, 15) is 37.4 Å². The molecule has 0 aromatic heterocycles. The Morgan fingerprint density at radius 3 is 1.66 bits per heavy atom. The summed E-state index contributed by atoms with van der Waals surface area (Å²) in [7, 11) is -9.27. The molecule has 1 unspecified atom stereocenters. The van der Waals surface area contributed by atoms with Crippen LogP contribution in [0.2, 0.25) is 0 Å². The Balaban J connectivity index is 1.36. The molecule has 0 bridgehead atoms. The molecule has 0 radical (unpaired) electrons. The number of esters is 2.